The molecule has 1 aliphatic heterocycles. The Kier molecular flexibility index (Phi) is 3.64. The van der Waals surface area contributed by atoms with Gasteiger partial charge in [0, 0.05) is 12.1 Å². The zero-order valence-corrected chi connectivity index (χ0v) is 11.2. The summed E-state index contributed by atoms with van der Waals surface area (Å²) >= 11 is 0. The van der Waals surface area contributed by atoms with E-state index in [0.29, 0.717) is 5.69 Å². The van der Waals surface area contributed by atoms with Crippen LogP contribution in [0.3, 0.4) is 0 Å². The maximum atomic E-state index is 13.5. The summed E-state index contributed by atoms with van der Waals surface area (Å²) < 4.78 is 13.5. The molecule has 2 unspecified atom stereocenters. The van der Waals surface area contributed by atoms with E-state index >= 15 is 0 Å². The highest BCUT2D eigenvalue weighted by molar-refractivity contribution is 6.00. The molecule has 0 radical (unpaired) electrons. The highest BCUT2D eigenvalue weighted by Crippen LogP contribution is 2.36. The SMILES string of the molecule is CCC1CCC(C)N1c1ccc(F)c(N)c1C(=O)O. The van der Waals surface area contributed by atoms with Crippen LogP contribution in [0.15, 0.2) is 12.1 Å². The lowest BCUT2D eigenvalue weighted by Gasteiger charge is -2.31. The largest absolute Gasteiger partial charge is 0.478 e. The second-order valence-corrected chi connectivity index (χ2v) is 5.06. The van der Waals surface area contributed by atoms with Gasteiger partial charge in [0.25, 0.3) is 0 Å². The molecule has 1 fully saturated rings. The molecule has 2 rings (SSSR count). The molecule has 3 N–H and O–H groups in total. The Morgan fingerprint density at radius 1 is 1.53 bits per heavy atom. The van der Waals surface area contributed by atoms with E-state index in [2.05, 4.69) is 18.7 Å². The molecular formula is C14H19FN2O2. The number of nitrogens with two attached hydrogens (primary N) is 1. The van der Waals surface area contributed by atoms with Gasteiger partial charge in [0.2, 0.25) is 0 Å². The van der Waals surface area contributed by atoms with Crippen molar-refractivity contribution in [2.45, 2.75) is 45.2 Å². The minimum Gasteiger partial charge on any atom is -0.478 e. The van der Waals surface area contributed by atoms with Crippen LogP contribution in [-0.4, -0.2) is 23.2 Å². The van der Waals surface area contributed by atoms with E-state index in [4.69, 9.17) is 5.73 Å². The number of rotatable bonds is 3. The van der Waals surface area contributed by atoms with Crippen molar-refractivity contribution in [1.82, 2.24) is 0 Å². The van der Waals surface area contributed by atoms with Gasteiger partial charge < -0.3 is 15.7 Å². The van der Waals surface area contributed by atoms with Crippen LogP contribution >= 0.6 is 0 Å². The fourth-order valence-corrected chi connectivity index (χ4v) is 2.93. The summed E-state index contributed by atoms with van der Waals surface area (Å²) in [6.45, 7) is 4.13. The minimum atomic E-state index is -1.18. The van der Waals surface area contributed by atoms with Gasteiger partial charge in [-0.2, -0.15) is 0 Å². The van der Waals surface area contributed by atoms with E-state index in [1.54, 1.807) is 0 Å². The van der Waals surface area contributed by atoms with Gasteiger partial charge in [-0.3, -0.25) is 0 Å². The number of benzene rings is 1. The lowest BCUT2D eigenvalue weighted by molar-refractivity contribution is 0.0698. The number of carbonyl (C=O) groups is 1. The molecule has 0 saturated carbocycles. The van der Waals surface area contributed by atoms with Crippen molar-refractivity contribution in [1.29, 1.82) is 0 Å². The van der Waals surface area contributed by atoms with Crippen LogP contribution in [-0.2, 0) is 0 Å². The van der Waals surface area contributed by atoms with E-state index in [1.165, 1.54) is 12.1 Å². The monoisotopic (exact) mass is 266 g/mol. The van der Waals surface area contributed by atoms with E-state index in [9.17, 15) is 14.3 Å². The first kappa shape index (κ1) is 13.6. The van der Waals surface area contributed by atoms with Crippen molar-refractivity contribution in [3.63, 3.8) is 0 Å². The summed E-state index contributed by atoms with van der Waals surface area (Å²) in [6, 6.07) is 3.31. The second-order valence-electron chi connectivity index (χ2n) is 5.06. The highest BCUT2D eigenvalue weighted by Gasteiger charge is 2.33. The molecule has 104 valence electrons. The Morgan fingerprint density at radius 3 is 2.79 bits per heavy atom. The molecule has 0 aliphatic carbocycles. The molecule has 1 aromatic rings. The van der Waals surface area contributed by atoms with Crippen molar-refractivity contribution < 1.29 is 14.3 Å². The Hall–Kier alpha value is -1.78. The first-order valence-electron chi connectivity index (χ1n) is 6.57. The zero-order chi connectivity index (χ0) is 14.2. The lowest BCUT2D eigenvalue weighted by Crippen LogP contribution is -2.35. The summed E-state index contributed by atoms with van der Waals surface area (Å²) in [7, 11) is 0. The zero-order valence-electron chi connectivity index (χ0n) is 11.2. The van der Waals surface area contributed by atoms with Crippen LogP contribution in [0.5, 0.6) is 0 Å². The Labute approximate surface area is 112 Å². The summed E-state index contributed by atoms with van der Waals surface area (Å²) in [5.41, 5.74) is 5.74. The third kappa shape index (κ3) is 2.25. The molecule has 4 nitrogen and oxygen atoms in total. The number of aromatic carboxylic acids is 1. The molecule has 1 heterocycles. The Morgan fingerprint density at radius 2 is 2.21 bits per heavy atom. The van der Waals surface area contributed by atoms with Crippen molar-refractivity contribution >= 4 is 17.3 Å². The second kappa shape index (κ2) is 5.07. The normalized spacial score (nSPS) is 22.8. The standard InChI is InChI=1S/C14H19FN2O2/c1-3-9-5-4-8(2)17(9)11-7-6-10(15)13(16)12(11)14(18)19/h6-9H,3-5,16H2,1-2H3,(H,18,19). The number of hydrogen-bond donors (Lipinski definition) is 2. The van der Waals surface area contributed by atoms with Gasteiger partial charge >= 0.3 is 5.97 Å². The predicted octanol–water partition coefficient (Wildman–Crippen LogP) is 2.87. The van der Waals surface area contributed by atoms with Gasteiger partial charge in [0.15, 0.2) is 0 Å². The molecular weight excluding hydrogens is 247 g/mol. The topological polar surface area (TPSA) is 66.6 Å². The van der Waals surface area contributed by atoms with Gasteiger partial charge in [-0.1, -0.05) is 6.92 Å². The number of carboxylic acid groups (broad SMARTS) is 1. The average Bonchev–Trinajstić information content (AvgIpc) is 2.73. The fraction of sp³-hybridized carbons (Fsp3) is 0.500. The van der Waals surface area contributed by atoms with Gasteiger partial charge in [-0.05, 0) is 38.3 Å². The van der Waals surface area contributed by atoms with Crippen LogP contribution < -0.4 is 10.6 Å². The maximum absolute atomic E-state index is 13.5. The predicted molar refractivity (Wildman–Crippen MR) is 73.0 cm³/mol. The van der Waals surface area contributed by atoms with E-state index in [0.717, 1.165) is 19.3 Å². The van der Waals surface area contributed by atoms with E-state index in [-0.39, 0.29) is 23.3 Å². The number of anilines is 2. The summed E-state index contributed by atoms with van der Waals surface area (Å²) in [5.74, 6) is -1.86. The van der Waals surface area contributed by atoms with Gasteiger partial charge in [0.05, 0.1) is 11.4 Å². The van der Waals surface area contributed by atoms with Crippen molar-refractivity contribution in [2.24, 2.45) is 0 Å². The number of nitrogen functional groups attached to an aromatic ring is 1. The summed E-state index contributed by atoms with van der Waals surface area (Å²) in [4.78, 5) is 13.4. The van der Waals surface area contributed by atoms with Crippen LogP contribution in [0, 0.1) is 5.82 Å². The first-order valence-corrected chi connectivity index (χ1v) is 6.57. The van der Waals surface area contributed by atoms with Crippen LogP contribution in [0.4, 0.5) is 15.8 Å². The molecule has 0 bridgehead atoms. The van der Waals surface area contributed by atoms with Crippen LogP contribution in [0.1, 0.15) is 43.5 Å². The minimum absolute atomic E-state index is 0.118. The van der Waals surface area contributed by atoms with Crippen molar-refractivity contribution in [3.05, 3.63) is 23.5 Å². The molecule has 0 aromatic heterocycles. The molecule has 0 spiro atoms. The van der Waals surface area contributed by atoms with Gasteiger partial charge in [0.1, 0.15) is 11.4 Å². The number of carboxylic acids is 1. The van der Waals surface area contributed by atoms with Crippen LogP contribution in [0.2, 0.25) is 0 Å². The third-order valence-electron chi connectivity index (χ3n) is 3.92. The lowest BCUT2D eigenvalue weighted by atomic mass is 10.1. The number of hydrogen-bond acceptors (Lipinski definition) is 3. The fourth-order valence-electron chi connectivity index (χ4n) is 2.93. The van der Waals surface area contributed by atoms with E-state index < -0.39 is 11.8 Å². The highest BCUT2D eigenvalue weighted by atomic mass is 19.1. The maximum Gasteiger partial charge on any atom is 0.340 e. The van der Waals surface area contributed by atoms with Crippen LogP contribution in [0.25, 0.3) is 0 Å². The molecule has 5 heteroatoms. The molecule has 1 aliphatic rings. The Bertz CT molecular complexity index is 504. The number of halogens is 1. The molecule has 2 atom stereocenters. The van der Waals surface area contributed by atoms with Gasteiger partial charge in [-0.15, -0.1) is 0 Å². The van der Waals surface area contributed by atoms with Crippen molar-refractivity contribution in [3.8, 4) is 0 Å². The smallest absolute Gasteiger partial charge is 0.340 e. The molecule has 0 amide bonds. The molecule has 19 heavy (non-hydrogen) atoms. The van der Waals surface area contributed by atoms with Gasteiger partial charge in [-0.25, -0.2) is 9.18 Å². The Balaban J connectivity index is 2.55. The number of nitrogens with zero attached hydrogens (tertiary/aromatic N) is 1. The summed E-state index contributed by atoms with van der Waals surface area (Å²) in [6.07, 6.45) is 2.96. The third-order valence-corrected chi connectivity index (χ3v) is 3.92. The van der Waals surface area contributed by atoms with E-state index in [1.807, 2.05) is 0 Å². The average molecular weight is 266 g/mol. The van der Waals surface area contributed by atoms with Crippen molar-refractivity contribution in [2.75, 3.05) is 10.6 Å². The summed E-state index contributed by atoms with van der Waals surface area (Å²) in [5, 5.41) is 9.30. The quantitative estimate of drug-likeness (QED) is 0.825. The molecule has 1 saturated heterocycles. The first-order chi connectivity index (χ1) is 8.97. The molecule has 1 aromatic carbocycles.